The van der Waals surface area contributed by atoms with Gasteiger partial charge in [0.2, 0.25) is 0 Å². The molecule has 0 aliphatic heterocycles. The molecule has 4 rings (SSSR count). The summed E-state index contributed by atoms with van der Waals surface area (Å²) in [5, 5.41) is 0. The van der Waals surface area contributed by atoms with Crippen molar-refractivity contribution < 1.29 is 23.9 Å². The molecule has 1 atom stereocenters. The number of halogens is 2. The molecule has 2 aliphatic carbocycles. The first-order valence-corrected chi connectivity index (χ1v) is 11.5. The SMILES string of the molecule is CC1=[C-]C(C)C(C)=C1C.Cl.Cl.[C-]1=CC=CC1.[Hf+2]=[C](c1ccccc1)c1ccccc1. The second-order valence-electron chi connectivity index (χ2n) is 6.91. The summed E-state index contributed by atoms with van der Waals surface area (Å²) in [5.41, 5.74) is 6.95. The average Bonchev–Trinajstić information content (AvgIpc) is 3.39. The van der Waals surface area contributed by atoms with Gasteiger partial charge in [-0.2, -0.15) is 17.2 Å². The summed E-state index contributed by atoms with van der Waals surface area (Å²) in [6, 6.07) is 21.2. The standard InChI is InChI=1S/C13H10.C9H13.C5H5.2ClH.Hf/c1-3-7-12(8-4-1)11-13-9-5-2-6-10-13;1-6-5-7(2)9(4)8(6)3;1-2-4-5-3-1;;;/h1-10H;6H,1-4H3;1-3H,4H2;2*1H;/q;2*-1;;;+2. The quantitative estimate of drug-likeness (QED) is 0.244. The van der Waals surface area contributed by atoms with Gasteiger partial charge in [-0.25, -0.2) is 17.7 Å². The summed E-state index contributed by atoms with van der Waals surface area (Å²) in [6.07, 6.45) is 13.4. The van der Waals surface area contributed by atoms with E-state index in [9.17, 15) is 0 Å². The van der Waals surface area contributed by atoms with E-state index < -0.39 is 0 Å². The third-order valence-corrected chi connectivity index (χ3v) is 7.02. The van der Waals surface area contributed by atoms with Crippen LogP contribution in [0.15, 0.2) is 95.6 Å². The molecule has 30 heavy (non-hydrogen) atoms. The van der Waals surface area contributed by atoms with Crippen LogP contribution in [-0.2, 0) is 23.9 Å². The van der Waals surface area contributed by atoms with Crippen LogP contribution in [0.2, 0.25) is 0 Å². The van der Waals surface area contributed by atoms with E-state index in [1.807, 2.05) is 12.2 Å². The Labute approximate surface area is 209 Å². The Balaban J connectivity index is 0.000000454. The monoisotopic (exact) mass is 604 g/mol. The van der Waals surface area contributed by atoms with Gasteiger partial charge in [-0.3, -0.25) is 12.2 Å². The van der Waals surface area contributed by atoms with E-state index in [1.165, 1.54) is 31.1 Å². The summed E-state index contributed by atoms with van der Waals surface area (Å²) in [7, 11) is 0. The fourth-order valence-corrected chi connectivity index (χ4v) is 4.08. The molecule has 0 spiro atoms. The zero-order chi connectivity index (χ0) is 20.4. The molecule has 0 fully saturated rings. The van der Waals surface area contributed by atoms with Crippen LogP contribution >= 0.6 is 24.8 Å². The van der Waals surface area contributed by atoms with Gasteiger partial charge in [-0.15, -0.1) is 38.2 Å². The molecule has 0 amide bonds. The van der Waals surface area contributed by atoms with Crippen molar-refractivity contribution in [2.24, 2.45) is 5.92 Å². The van der Waals surface area contributed by atoms with Gasteiger partial charge in [-0.05, 0) is 0 Å². The molecule has 2 aromatic carbocycles. The third kappa shape index (κ3) is 9.25. The molecule has 2 aromatic rings. The Bertz CT molecular complexity index is 839. The first kappa shape index (κ1) is 28.7. The Kier molecular flexibility index (Phi) is 14.8. The zero-order valence-corrected chi connectivity index (χ0v) is 23.3. The van der Waals surface area contributed by atoms with Crippen molar-refractivity contribution in [3.8, 4) is 0 Å². The van der Waals surface area contributed by atoms with Gasteiger partial charge in [0.15, 0.2) is 0 Å². The van der Waals surface area contributed by atoms with Crippen molar-refractivity contribution in [2.45, 2.75) is 34.1 Å². The van der Waals surface area contributed by atoms with Crippen LogP contribution in [-0.4, -0.2) is 3.26 Å². The summed E-state index contributed by atoms with van der Waals surface area (Å²) in [5.74, 6) is 0.560. The molecular formula is C27H30Cl2Hf. The van der Waals surface area contributed by atoms with Gasteiger partial charge >= 0.3 is 98.9 Å². The summed E-state index contributed by atoms with van der Waals surface area (Å²) in [6.45, 7) is 8.67. The minimum absolute atomic E-state index is 0. The van der Waals surface area contributed by atoms with Crippen LogP contribution < -0.4 is 0 Å². The van der Waals surface area contributed by atoms with Crippen molar-refractivity contribution >= 4 is 28.1 Å². The van der Waals surface area contributed by atoms with E-state index in [4.69, 9.17) is 0 Å². The van der Waals surface area contributed by atoms with Crippen LogP contribution in [0.3, 0.4) is 0 Å². The fourth-order valence-electron chi connectivity index (χ4n) is 2.88. The van der Waals surface area contributed by atoms with Crippen molar-refractivity contribution in [1.29, 1.82) is 0 Å². The molecular weight excluding hydrogens is 574 g/mol. The number of allylic oxidation sites excluding steroid dienone is 8. The predicted octanol–water partition coefficient (Wildman–Crippen LogP) is 7.67. The number of hydrogen-bond donors (Lipinski definition) is 0. The molecule has 3 heteroatoms. The molecule has 1 unspecified atom stereocenters. The van der Waals surface area contributed by atoms with Gasteiger partial charge in [-0.1, -0.05) is 26.7 Å². The van der Waals surface area contributed by atoms with Crippen molar-refractivity contribution in [1.82, 2.24) is 0 Å². The molecule has 0 saturated carbocycles. The Morgan fingerprint density at radius 2 is 1.37 bits per heavy atom. The van der Waals surface area contributed by atoms with Gasteiger partial charge in [0.1, 0.15) is 0 Å². The van der Waals surface area contributed by atoms with Crippen molar-refractivity contribution in [2.75, 3.05) is 0 Å². The molecule has 2 aliphatic rings. The summed E-state index contributed by atoms with van der Waals surface area (Å²) < 4.78 is 1.46. The summed E-state index contributed by atoms with van der Waals surface area (Å²) >= 11 is 1.08. The summed E-state index contributed by atoms with van der Waals surface area (Å²) in [4.78, 5) is 0. The Morgan fingerprint density at radius 1 is 0.867 bits per heavy atom. The Morgan fingerprint density at radius 3 is 1.60 bits per heavy atom. The van der Waals surface area contributed by atoms with Gasteiger partial charge in [0.25, 0.3) is 0 Å². The van der Waals surface area contributed by atoms with Crippen molar-refractivity contribution in [3.63, 3.8) is 0 Å². The normalized spacial score (nSPS) is 15.7. The van der Waals surface area contributed by atoms with Crippen LogP contribution in [0.5, 0.6) is 0 Å². The van der Waals surface area contributed by atoms with E-state index >= 15 is 0 Å². The van der Waals surface area contributed by atoms with E-state index in [1.54, 1.807) is 0 Å². The average molecular weight is 604 g/mol. The molecule has 0 heterocycles. The fraction of sp³-hybridized carbons (Fsp3) is 0.222. The maximum absolute atomic E-state index is 3.36. The third-order valence-electron chi connectivity index (χ3n) is 4.95. The van der Waals surface area contributed by atoms with E-state index in [2.05, 4.69) is 107 Å². The Hall–Kier alpha value is -1.28. The van der Waals surface area contributed by atoms with Crippen LogP contribution in [0.25, 0.3) is 0 Å². The maximum atomic E-state index is 3.36. The van der Waals surface area contributed by atoms with Gasteiger partial charge in [0, 0.05) is 0 Å². The van der Waals surface area contributed by atoms with Gasteiger partial charge in [0.05, 0.1) is 0 Å². The number of rotatable bonds is 2. The number of hydrogen-bond acceptors (Lipinski definition) is 0. The van der Waals surface area contributed by atoms with E-state index in [0.29, 0.717) is 5.92 Å². The first-order valence-electron chi connectivity index (χ1n) is 9.69. The number of benzene rings is 2. The molecule has 0 saturated heterocycles. The minimum atomic E-state index is 0. The van der Waals surface area contributed by atoms with Crippen LogP contribution in [0.1, 0.15) is 45.2 Å². The van der Waals surface area contributed by atoms with Crippen LogP contribution in [0.4, 0.5) is 0 Å². The van der Waals surface area contributed by atoms with Crippen LogP contribution in [0, 0.1) is 18.1 Å². The molecule has 0 bridgehead atoms. The second-order valence-corrected chi connectivity index (χ2v) is 8.71. The van der Waals surface area contributed by atoms with E-state index in [0.717, 1.165) is 30.3 Å². The molecule has 0 N–H and O–H groups in total. The molecule has 0 radical (unpaired) electrons. The predicted molar refractivity (Wildman–Crippen MR) is 132 cm³/mol. The van der Waals surface area contributed by atoms with E-state index in [-0.39, 0.29) is 24.8 Å². The molecule has 156 valence electrons. The zero-order valence-electron chi connectivity index (χ0n) is 18.1. The van der Waals surface area contributed by atoms with Gasteiger partial charge < -0.3 is 0 Å². The second kappa shape index (κ2) is 15.5. The molecule has 0 aromatic heterocycles. The van der Waals surface area contributed by atoms with Crippen molar-refractivity contribution in [3.05, 3.63) is 119 Å². The molecule has 0 nitrogen and oxygen atoms in total. The topological polar surface area (TPSA) is 0 Å². The first-order chi connectivity index (χ1) is 13.5.